The smallest absolute Gasteiger partial charge is 0.0827 e. The molecule has 0 unspecified atom stereocenters. The molecule has 9 heavy (non-hydrogen) atoms. The van der Waals surface area contributed by atoms with Crippen LogP contribution in [0.5, 0.6) is 0 Å². The molecule has 0 aliphatic rings. The second kappa shape index (κ2) is 3.22. The Kier molecular flexibility index (Phi) is 2.54. The predicted octanol–water partition coefficient (Wildman–Crippen LogP) is 2.43. The maximum Gasteiger partial charge on any atom is 0.0827 e. The topological polar surface area (TPSA) is 12.9 Å². The quantitative estimate of drug-likeness (QED) is 0.615. The van der Waals surface area contributed by atoms with Crippen LogP contribution in [0.1, 0.15) is 12.6 Å². The Hall–Kier alpha value is -0.0200. The zero-order valence-corrected chi connectivity index (χ0v) is 7.18. The zero-order chi connectivity index (χ0) is 6.69. The van der Waals surface area contributed by atoms with Gasteiger partial charge in [0.1, 0.15) is 0 Å². The summed E-state index contributed by atoms with van der Waals surface area (Å²) in [6.07, 6.45) is 3.15. The molecular weight excluding hydrogens is 150 g/mol. The fourth-order valence-electron chi connectivity index (χ4n) is 0.660. The van der Waals surface area contributed by atoms with E-state index in [2.05, 4.69) is 18.2 Å². The predicted molar refractivity (Wildman–Crippen MR) is 43.3 cm³/mol. The molecule has 1 rings (SSSR count). The van der Waals surface area contributed by atoms with E-state index in [4.69, 9.17) is 0 Å². The summed E-state index contributed by atoms with van der Waals surface area (Å²) in [5, 5.41) is 0. The van der Waals surface area contributed by atoms with E-state index in [1.165, 1.54) is 9.90 Å². The molecule has 0 aliphatic carbocycles. The summed E-state index contributed by atoms with van der Waals surface area (Å²) in [7, 11) is 0. The van der Waals surface area contributed by atoms with Gasteiger partial charge in [-0.05, 0) is 12.7 Å². The lowest BCUT2D eigenvalue weighted by Crippen LogP contribution is -1.78. The van der Waals surface area contributed by atoms with Crippen LogP contribution < -0.4 is 0 Å². The lowest BCUT2D eigenvalue weighted by Gasteiger charge is -1.90. The Balaban J connectivity index is 2.85. The van der Waals surface area contributed by atoms with Gasteiger partial charge in [0.05, 0.1) is 15.4 Å². The third-order valence-corrected chi connectivity index (χ3v) is 3.18. The molecule has 1 aromatic rings. The number of aromatic nitrogens is 1. The number of nitrogens with zero attached hydrogens (tertiary/aromatic N) is 1. The van der Waals surface area contributed by atoms with Gasteiger partial charge >= 0.3 is 0 Å². The highest BCUT2D eigenvalue weighted by atomic mass is 32.2. The minimum atomic E-state index is 1.06. The molecule has 0 amide bonds. The summed E-state index contributed by atoms with van der Waals surface area (Å²) in [5.41, 5.74) is 3.15. The summed E-state index contributed by atoms with van der Waals surface area (Å²) in [5.74, 6) is 0. The van der Waals surface area contributed by atoms with Gasteiger partial charge in [-0.1, -0.05) is 6.92 Å². The van der Waals surface area contributed by atoms with Crippen LogP contribution in [0.15, 0.2) is 9.72 Å². The molecule has 1 heterocycles. The number of hydrogen-bond acceptors (Lipinski definition) is 3. The van der Waals surface area contributed by atoms with Crippen LogP contribution in [0, 0.1) is 0 Å². The highest BCUT2D eigenvalue weighted by Gasteiger charge is 1.99. The molecule has 0 saturated carbocycles. The maximum absolute atomic E-state index is 4.20. The van der Waals surface area contributed by atoms with E-state index in [1.807, 2.05) is 5.51 Å². The van der Waals surface area contributed by atoms with Gasteiger partial charge in [0.15, 0.2) is 0 Å². The average molecular weight is 159 g/mol. The van der Waals surface area contributed by atoms with Gasteiger partial charge in [-0.2, -0.15) is 0 Å². The van der Waals surface area contributed by atoms with Crippen LogP contribution in [0.2, 0.25) is 0 Å². The minimum Gasteiger partial charge on any atom is -0.249 e. The Labute approximate surface area is 63.5 Å². The van der Waals surface area contributed by atoms with Crippen LogP contribution >= 0.6 is 23.1 Å². The van der Waals surface area contributed by atoms with Crippen molar-refractivity contribution in [2.75, 3.05) is 6.26 Å². The van der Waals surface area contributed by atoms with E-state index < -0.39 is 0 Å². The van der Waals surface area contributed by atoms with E-state index in [-0.39, 0.29) is 0 Å². The summed E-state index contributed by atoms with van der Waals surface area (Å²) >= 11 is 3.51. The van der Waals surface area contributed by atoms with Gasteiger partial charge in [0.25, 0.3) is 0 Å². The van der Waals surface area contributed by atoms with E-state index in [9.17, 15) is 0 Å². The highest BCUT2D eigenvalue weighted by molar-refractivity contribution is 8.00. The first kappa shape index (κ1) is 7.09. The highest BCUT2D eigenvalue weighted by Crippen LogP contribution is 2.23. The van der Waals surface area contributed by atoms with Crippen LogP contribution in [-0.4, -0.2) is 11.2 Å². The van der Waals surface area contributed by atoms with Gasteiger partial charge in [0.2, 0.25) is 0 Å². The van der Waals surface area contributed by atoms with E-state index in [0.717, 1.165) is 6.42 Å². The molecule has 0 aliphatic heterocycles. The normalized spacial score (nSPS) is 10.0. The Morgan fingerprint density at radius 2 is 2.56 bits per heavy atom. The largest absolute Gasteiger partial charge is 0.249 e. The Bertz CT molecular complexity index is 164. The van der Waals surface area contributed by atoms with Crippen molar-refractivity contribution in [3.8, 4) is 0 Å². The van der Waals surface area contributed by atoms with Crippen LogP contribution in [0.25, 0.3) is 0 Å². The summed E-state index contributed by atoms with van der Waals surface area (Å²) < 4.78 is 1.36. The van der Waals surface area contributed by atoms with Crippen molar-refractivity contribution in [2.24, 2.45) is 0 Å². The molecule has 3 heteroatoms. The minimum absolute atomic E-state index is 1.06. The first-order chi connectivity index (χ1) is 4.38. The molecule has 50 valence electrons. The van der Waals surface area contributed by atoms with Gasteiger partial charge < -0.3 is 0 Å². The van der Waals surface area contributed by atoms with E-state index >= 15 is 0 Å². The van der Waals surface area contributed by atoms with Crippen LogP contribution in [-0.2, 0) is 6.42 Å². The third kappa shape index (κ3) is 1.46. The monoisotopic (exact) mass is 159 g/mol. The SMILES string of the molecule is CCc1ncsc1SC. The second-order valence-corrected chi connectivity index (χ2v) is 3.57. The summed E-state index contributed by atoms with van der Waals surface area (Å²) in [4.78, 5) is 4.20. The van der Waals surface area contributed by atoms with Crippen molar-refractivity contribution >= 4 is 23.1 Å². The van der Waals surface area contributed by atoms with Crippen molar-refractivity contribution < 1.29 is 0 Å². The molecule has 0 bridgehead atoms. The molecule has 0 N–H and O–H groups in total. The number of hydrogen-bond donors (Lipinski definition) is 0. The molecule has 1 aromatic heterocycles. The maximum atomic E-state index is 4.20. The number of thioether (sulfide) groups is 1. The third-order valence-electron chi connectivity index (χ3n) is 1.12. The number of rotatable bonds is 2. The molecular formula is C6H9NS2. The second-order valence-electron chi connectivity index (χ2n) is 1.64. The number of thiazole rings is 1. The van der Waals surface area contributed by atoms with Crippen LogP contribution in [0.3, 0.4) is 0 Å². The lowest BCUT2D eigenvalue weighted by molar-refractivity contribution is 1.03. The van der Waals surface area contributed by atoms with Crippen molar-refractivity contribution in [1.29, 1.82) is 0 Å². The van der Waals surface area contributed by atoms with E-state index in [1.54, 1.807) is 23.1 Å². The van der Waals surface area contributed by atoms with Crippen molar-refractivity contribution in [3.63, 3.8) is 0 Å². The van der Waals surface area contributed by atoms with Gasteiger partial charge in [-0.3, -0.25) is 0 Å². The fourth-order valence-corrected chi connectivity index (χ4v) is 2.22. The Morgan fingerprint density at radius 3 is 3.00 bits per heavy atom. The molecule has 0 saturated heterocycles. The molecule has 0 fully saturated rings. The molecule has 0 atom stereocenters. The van der Waals surface area contributed by atoms with E-state index in [0.29, 0.717) is 0 Å². The molecule has 0 aromatic carbocycles. The number of aryl methyl sites for hydroxylation is 1. The van der Waals surface area contributed by atoms with Gasteiger partial charge in [-0.15, -0.1) is 23.1 Å². The molecule has 0 spiro atoms. The van der Waals surface area contributed by atoms with Gasteiger partial charge in [-0.25, -0.2) is 4.98 Å². The van der Waals surface area contributed by atoms with Crippen molar-refractivity contribution in [2.45, 2.75) is 17.6 Å². The Morgan fingerprint density at radius 1 is 1.78 bits per heavy atom. The van der Waals surface area contributed by atoms with Crippen molar-refractivity contribution in [3.05, 3.63) is 11.2 Å². The van der Waals surface area contributed by atoms with Crippen molar-refractivity contribution in [1.82, 2.24) is 4.98 Å². The standard InChI is InChI=1S/C6H9NS2/c1-3-5-6(8-2)9-4-7-5/h4H,3H2,1-2H3. The first-order valence-electron chi connectivity index (χ1n) is 2.84. The molecule has 1 nitrogen and oxygen atoms in total. The van der Waals surface area contributed by atoms with Gasteiger partial charge in [0, 0.05) is 0 Å². The summed E-state index contributed by atoms with van der Waals surface area (Å²) in [6, 6.07) is 0. The fraction of sp³-hybridized carbons (Fsp3) is 0.500. The summed E-state index contributed by atoms with van der Waals surface area (Å²) in [6.45, 7) is 2.13. The average Bonchev–Trinajstić information content (AvgIpc) is 2.33. The first-order valence-corrected chi connectivity index (χ1v) is 4.95. The van der Waals surface area contributed by atoms with Crippen LogP contribution in [0.4, 0.5) is 0 Å². The zero-order valence-electron chi connectivity index (χ0n) is 5.55. The molecule has 0 radical (unpaired) electrons. The lowest BCUT2D eigenvalue weighted by atomic mass is 10.4.